The first-order valence-electron chi connectivity index (χ1n) is 10.4. The van der Waals surface area contributed by atoms with Crippen molar-refractivity contribution in [3.05, 3.63) is 30.1 Å². The van der Waals surface area contributed by atoms with E-state index in [9.17, 15) is 18.8 Å². The molecular formula is C22H27FN2O4. The second kappa shape index (κ2) is 7.76. The van der Waals surface area contributed by atoms with Gasteiger partial charge in [0, 0.05) is 11.1 Å². The summed E-state index contributed by atoms with van der Waals surface area (Å²) in [5, 5.41) is 5.31. The number of amides is 2. The fourth-order valence-electron chi connectivity index (χ4n) is 5.80. The summed E-state index contributed by atoms with van der Waals surface area (Å²) in [7, 11) is 0. The number of benzene rings is 1. The van der Waals surface area contributed by atoms with Crippen LogP contribution in [0.15, 0.2) is 24.3 Å². The second-order valence-corrected chi connectivity index (χ2v) is 9.01. The van der Waals surface area contributed by atoms with Gasteiger partial charge < -0.3 is 15.4 Å². The van der Waals surface area contributed by atoms with E-state index in [1.807, 2.05) is 0 Å². The van der Waals surface area contributed by atoms with E-state index in [2.05, 4.69) is 10.6 Å². The van der Waals surface area contributed by atoms with E-state index in [4.69, 9.17) is 4.74 Å². The van der Waals surface area contributed by atoms with Crippen LogP contribution in [0.3, 0.4) is 0 Å². The van der Waals surface area contributed by atoms with Crippen LogP contribution < -0.4 is 10.6 Å². The summed E-state index contributed by atoms with van der Waals surface area (Å²) >= 11 is 0. The summed E-state index contributed by atoms with van der Waals surface area (Å²) in [6.45, 7) is 1.21. The topological polar surface area (TPSA) is 84.5 Å². The highest BCUT2D eigenvalue weighted by molar-refractivity contribution is 5.95. The summed E-state index contributed by atoms with van der Waals surface area (Å²) in [5.41, 5.74) is 0.0927. The molecule has 29 heavy (non-hydrogen) atoms. The third-order valence-corrected chi connectivity index (χ3v) is 6.70. The summed E-state index contributed by atoms with van der Waals surface area (Å²) in [6, 6.07) is 5.31. The molecule has 0 saturated heterocycles. The smallest absolute Gasteiger partial charge is 0.326 e. The van der Waals surface area contributed by atoms with Gasteiger partial charge in [0.25, 0.3) is 5.91 Å². The van der Waals surface area contributed by atoms with Crippen LogP contribution in [-0.2, 0) is 19.1 Å². The van der Waals surface area contributed by atoms with Crippen LogP contribution in [0.2, 0.25) is 0 Å². The van der Waals surface area contributed by atoms with Gasteiger partial charge in [0.05, 0.1) is 0 Å². The average Bonchev–Trinajstić information content (AvgIpc) is 2.66. The monoisotopic (exact) mass is 402 g/mol. The van der Waals surface area contributed by atoms with Gasteiger partial charge in [-0.3, -0.25) is 14.4 Å². The van der Waals surface area contributed by atoms with Crippen molar-refractivity contribution in [2.24, 2.45) is 23.2 Å². The zero-order valence-corrected chi connectivity index (χ0v) is 16.6. The van der Waals surface area contributed by atoms with Crippen LogP contribution in [-0.4, -0.2) is 30.4 Å². The number of halogens is 1. The first-order chi connectivity index (χ1) is 13.8. The number of anilines is 1. The SMILES string of the molecule is C[C@H](OC(=O)CNC(=O)C12CC3CC(CC(C3)C1)C2)C(=O)Nc1ccc(F)cc1. The molecule has 4 fully saturated rings. The lowest BCUT2D eigenvalue weighted by Gasteiger charge is -2.55. The number of ether oxygens (including phenoxy) is 1. The van der Waals surface area contributed by atoms with Gasteiger partial charge >= 0.3 is 5.97 Å². The van der Waals surface area contributed by atoms with Crippen molar-refractivity contribution in [1.29, 1.82) is 0 Å². The Balaban J connectivity index is 1.25. The van der Waals surface area contributed by atoms with Crippen molar-refractivity contribution < 1.29 is 23.5 Å². The summed E-state index contributed by atoms with van der Waals surface area (Å²) < 4.78 is 18.1. The maximum atomic E-state index is 12.9. The summed E-state index contributed by atoms with van der Waals surface area (Å²) in [5.74, 6) is 0.328. The fourth-order valence-corrected chi connectivity index (χ4v) is 5.80. The summed E-state index contributed by atoms with van der Waals surface area (Å²) in [4.78, 5) is 37.1. The van der Waals surface area contributed by atoms with Crippen LogP contribution in [0.5, 0.6) is 0 Å². The molecule has 2 N–H and O–H groups in total. The maximum absolute atomic E-state index is 12.9. The minimum Gasteiger partial charge on any atom is -0.451 e. The number of rotatable bonds is 6. The van der Waals surface area contributed by atoms with E-state index in [1.165, 1.54) is 50.5 Å². The van der Waals surface area contributed by atoms with E-state index >= 15 is 0 Å². The molecule has 0 heterocycles. The first-order valence-corrected chi connectivity index (χ1v) is 10.4. The first kappa shape index (κ1) is 19.9. The molecule has 1 aromatic carbocycles. The highest BCUT2D eigenvalue weighted by Gasteiger charge is 2.54. The van der Waals surface area contributed by atoms with Gasteiger partial charge in [-0.25, -0.2) is 4.39 Å². The van der Waals surface area contributed by atoms with Crippen LogP contribution in [0.4, 0.5) is 10.1 Å². The molecule has 2 amide bonds. The lowest BCUT2D eigenvalue weighted by atomic mass is 9.49. The standard InChI is InChI=1S/C22H27FN2O4/c1-13(20(27)25-18-4-2-17(23)3-5-18)29-19(26)12-24-21(28)22-9-14-6-15(10-22)8-16(7-14)11-22/h2-5,13-16H,6-12H2,1H3,(H,24,28)(H,25,27)/t13-,14?,15?,16?,22?/m0/s1. The molecule has 4 aliphatic rings. The molecular weight excluding hydrogens is 375 g/mol. The number of hydrogen-bond donors (Lipinski definition) is 2. The molecule has 1 aromatic rings. The van der Waals surface area contributed by atoms with E-state index in [-0.39, 0.29) is 17.9 Å². The Morgan fingerprint density at radius 3 is 2.17 bits per heavy atom. The molecule has 0 spiro atoms. The van der Waals surface area contributed by atoms with Gasteiger partial charge in [0.15, 0.2) is 6.10 Å². The molecule has 0 unspecified atom stereocenters. The molecule has 6 nitrogen and oxygen atoms in total. The fraction of sp³-hybridized carbons (Fsp3) is 0.591. The largest absolute Gasteiger partial charge is 0.451 e. The third-order valence-electron chi connectivity index (χ3n) is 6.70. The van der Waals surface area contributed by atoms with Crippen molar-refractivity contribution in [2.45, 2.75) is 51.6 Å². The average molecular weight is 402 g/mol. The maximum Gasteiger partial charge on any atom is 0.326 e. The van der Waals surface area contributed by atoms with E-state index in [0.29, 0.717) is 23.4 Å². The predicted octanol–water partition coefficient (Wildman–Crippen LogP) is 3.03. The van der Waals surface area contributed by atoms with E-state index in [1.54, 1.807) is 0 Å². The lowest BCUT2D eigenvalue weighted by molar-refractivity contribution is -0.155. The molecule has 1 atom stereocenters. The van der Waals surface area contributed by atoms with Crippen LogP contribution in [0, 0.1) is 29.0 Å². The Bertz CT molecular complexity index is 772. The number of esters is 1. The number of carbonyl (C=O) groups excluding carboxylic acids is 3. The molecule has 0 aliphatic heterocycles. The van der Waals surface area contributed by atoms with Crippen molar-refractivity contribution in [1.82, 2.24) is 5.32 Å². The Labute approximate surface area is 169 Å². The van der Waals surface area contributed by atoms with Crippen molar-refractivity contribution >= 4 is 23.5 Å². The van der Waals surface area contributed by atoms with Gasteiger partial charge in [-0.2, -0.15) is 0 Å². The normalized spacial score (nSPS) is 30.5. The van der Waals surface area contributed by atoms with Crippen LogP contribution in [0.25, 0.3) is 0 Å². The van der Waals surface area contributed by atoms with Gasteiger partial charge in [-0.15, -0.1) is 0 Å². The lowest BCUT2D eigenvalue weighted by Crippen LogP contribution is -2.54. The minimum atomic E-state index is -1.02. The molecule has 4 bridgehead atoms. The van der Waals surface area contributed by atoms with Gasteiger partial charge in [-0.1, -0.05) is 0 Å². The minimum absolute atomic E-state index is 0.0445. The van der Waals surface area contributed by atoms with Crippen LogP contribution >= 0.6 is 0 Å². The molecule has 4 saturated carbocycles. The third kappa shape index (κ3) is 4.28. The second-order valence-electron chi connectivity index (χ2n) is 9.01. The van der Waals surface area contributed by atoms with E-state index < -0.39 is 23.8 Å². The highest BCUT2D eigenvalue weighted by Crippen LogP contribution is 2.60. The zero-order valence-electron chi connectivity index (χ0n) is 16.6. The number of nitrogens with one attached hydrogen (secondary N) is 2. The molecule has 156 valence electrons. The van der Waals surface area contributed by atoms with Gasteiger partial charge in [-0.05, 0) is 87.5 Å². The molecule has 0 aromatic heterocycles. The molecule has 0 radical (unpaired) electrons. The summed E-state index contributed by atoms with van der Waals surface area (Å²) in [6.07, 6.45) is 5.49. The van der Waals surface area contributed by atoms with Crippen molar-refractivity contribution in [3.63, 3.8) is 0 Å². The zero-order chi connectivity index (χ0) is 20.6. The molecule has 7 heteroatoms. The van der Waals surface area contributed by atoms with Crippen molar-refractivity contribution in [3.8, 4) is 0 Å². The highest BCUT2D eigenvalue weighted by atomic mass is 19.1. The molecule has 5 rings (SSSR count). The predicted molar refractivity (Wildman–Crippen MR) is 104 cm³/mol. The Hall–Kier alpha value is -2.44. The van der Waals surface area contributed by atoms with Crippen molar-refractivity contribution in [2.75, 3.05) is 11.9 Å². The Kier molecular flexibility index (Phi) is 5.32. The van der Waals surface area contributed by atoms with E-state index in [0.717, 1.165) is 19.3 Å². The Morgan fingerprint density at radius 1 is 1.07 bits per heavy atom. The van der Waals surface area contributed by atoms with Crippen LogP contribution in [0.1, 0.15) is 45.4 Å². The number of carbonyl (C=O) groups is 3. The van der Waals surface area contributed by atoms with Gasteiger partial charge in [0.1, 0.15) is 12.4 Å². The quantitative estimate of drug-likeness (QED) is 0.717. The Morgan fingerprint density at radius 2 is 1.62 bits per heavy atom. The van der Waals surface area contributed by atoms with Gasteiger partial charge in [0.2, 0.25) is 5.91 Å². The number of hydrogen-bond acceptors (Lipinski definition) is 4. The molecule has 4 aliphatic carbocycles.